The topological polar surface area (TPSA) is 109 Å². The maximum absolute atomic E-state index is 14.9. The molecular formula is C34H47F2N5O4Si. The third-order valence-electron chi connectivity index (χ3n) is 8.36. The van der Waals surface area contributed by atoms with Gasteiger partial charge in [-0.25, -0.2) is 23.4 Å². The molecule has 46 heavy (non-hydrogen) atoms. The summed E-state index contributed by atoms with van der Waals surface area (Å²) in [5.74, 6) is -0.684. The van der Waals surface area contributed by atoms with E-state index in [0.717, 1.165) is 29.8 Å². The first kappa shape index (κ1) is 35.1. The molecule has 0 spiro atoms. The van der Waals surface area contributed by atoms with Gasteiger partial charge in [0.05, 0.1) is 18.3 Å². The van der Waals surface area contributed by atoms with Crippen molar-refractivity contribution in [2.45, 2.75) is 59.0 Å². The molecule has 1 aliphatic rings. The molecule has 0 saturated carbocycles. The van der Waals surface area contributed by atoms with Crippen molar-refractivity contribution in [2.24, 2.45) is 17.3 Å². The summed E-state index contributed by atoms with van der Waals surface area (Å²) in [5, 5.41) is 16.3. The number of carbonyl (C=O) groups excluding carboxylic acids is 1. The third kappa shape index (κ3) is 9.62. The molecule has 2 heterocycles. The number of nitrogens with one attached hydrogen (secondary N) is 2. The molecule has 0 bridgehead atoms. The summed E-state index contributed by atoms with van der Waals surface area (Å²) in [7, 11) is -1.35. The smallest absolute Gasteiger partial charge is 0.407 e. The Labute approximate surface area is 271 Å². The van der Waals surface area contributed by atoms with Crippen molar-refractivity contribution in [3.05, 3.63) is 77.8 Å². The van der Waals surface area contributed by atoms with Crippen molar-refractivity contribution in [1.29, 1.82) is 0 Å². The van der Waals surface area contributed by atoms with E-state index in [9.17, 15) is 23.5 Å². The zero-order chi connectivity index (χ0) is 33.6. The molecule has 9 nitrogen and oxygen atoms in total. The highest BCUT2D eigenvalue weighted by atomic mass is 28.3. The second-order valence-corrected chi connectivity index (χ2v) is 20.1. The molecule has 3 N–H and O–H groups in total. The fourth-order valence-corrected chi connectivity index (χ4v) is 6.43. The molecule has 0 aliphatic carbocycles. The van der Waals surface area contributed by atoms with Gasteiger partial charge in [-0.2, -0.15) is 0 Å². The van der Waals surface area contributed by atoms with Gasteiger partial charge < -0.3 is 29.9 Å². The molecule has 2 aromatic carbocycles. The van der Waals surface area contributed by atoms with Crippen LogP contribution in [-0.2, 0) is 11.3 Å². The Kier molecular flexibility index (Phi) is 11.3. The Bertz CT molecular complexity index is 1490. The number of carbonyl (C=O) groups is 2. The van der Waals surface area contributed by atoms with Crippen molar-refractivity contribution in [3.8, 4) is 11.3 Å². The van der Waals surface area contributed by atoms with Crippen LogP contribution in [0, 0.1) is 28.9 Å². The van der Waals surface area contributed by atoms with Crippen LogP contribution in [0.15, 0.2) is 54.7 Å². The summed E-state index contributed by atoms with van der Waals surface area (Å²) < 4.78 is 36.4. The number of aromatic nitrogens is 2. The van der Waals surface area contributed by atoms with Crippen LogP contribution in [0.4, 0.5) is 18.4 Å². The number of carboxylic acid groups (broad SMARTS) is 1. The highest BCUT2D eigenvalue weighted by molar-refractivity contribution is 6.76. The SMILES string of the molecule is CC(C)(C)[C@@H](NCC1CN(C(=O)O)CC1CNC(=O)OCC[Si](C)(C)C)c1nc(-c2cc(F)ccc2F)cn1Cc1ccccc1. The fourth-order valence-electron chi connectivity index (χ4n) is 5.72. The molecular weight excluding hydrogens is 608 g/mol. The second kappa shape index (κ2) is 14.8. The van der Waals surface area contributed by atoms with Crippen LogP contribution < -0.4 is 10.6 Å². The zero-order valence-corrected chi connectivity index (χ0v) is 28.6. The number of nitrogens with zero attached hydrogens (tertiary/aromatic N) is 3. The number of amides is 2. The lowest BCUT2D eigenvalue weighted by Gasteiger charge is -2.33. The van der Waals surface area contributed by atoms with Gasteiger partial charge >= 0.3 is 12.2 Å². The number of rotatable bonds is 12. The number of benzene rings is 2. The van der Waals surface area contributed by atoms with Gasteiger partial charge in [0.1, 0.15) is 17.5 Å². The Morgan fingerprint density at radius 2 is 1.74 bits per heavy atom. The molecule has 2 amide bonds. The maximum Gasteiger partial charge on any atom is 0.407 e. The Balaban J connectivity index is 1.57. The van der Waals surface area contributed by atoms with E-state index in [1.807, 2.05) is 34.9 Å². The summed E-state index contributed by atoms with van der Waals surface area (Å²) in [6, 6.07) is 13.7. The number of imidazole rings is 1. The highest BCUT2D eigenvalue weighted by Crippen LogP contribution is 2.36. The lowest BCUT2D eigenvalue weighted by Crippen LogP contribution is -2.41. The van der Waals surface area contributed by atoms with Crippen LogP contribution in [-0.4, -0.2) is 72.6 Å². The molecule has 1 saturated heterocycles. The van der Waals surface area contributed by atoms with Gasteiger partial charge in [0.25, 0.3) is 0 Å². The minimum atomic E-state index is -1.35. The lowest BCUT2D eigenvalue weighted by molar-refractivity contribution is 0.148. The Hall–Kier alpha value is -3.77. The molecule has 2 unspecified atom stereocenters. The van der Waals surface area contributed by atoms with E-state index in [2.05, 4.69) is 51.0 Å². The van der Waals surface area contributed by atoms with Crippen molar-refractivity contribution < 1.29 is 28.2 Å². The number of likely N-dealkylation sites (tertiary alicyclic amines) is 1. The monoisotopic (exact) mass is 655 g/mol. The first-order valence-electron chi connectivity index (χ1n) is 15.8. The van der Waals surface area contributed by atoms with Gasteiger partial charge in [0.2, 0.25) is 0 Å². The van der Waals surface area contributed by atoms with Gasteiger partial charge in [-0.1, -0.05) is 70.7 Å². The van der Waals surface area contributed by atoms with Gasteiger partial charge in [0, 0.05) is 52.6 Å². The number of ether oxygens (including phenoxy) is 1. The van der Waals surface area contributed by atoms with Gasteiger partial charge in [-0.15, -0.1) is 0 Å². The normalized spacial score (nSPS) is 17.6. The van der Waals surface area contributed by atoms with Crippen molar-refractivity contribution >= 4 is 20.3 Å². The molecule has 0 radical (unpaired) electrons. The molecule has 3 aromatic rings. The molecule has 1 fully saturated rings. The predicted octanol–water partition coefficient (Wildman–Crippen LogP) is 6.84. The van der Waals surface area contributed by atoms with Crippen LogP contribution in [0.25, 0.3) is 11.3 Å². The van der Waals surface area contributed by atoms with Crippen molar-refractivity contribution in [2.75, 3.05) is 32.8 Å². The summed E-state index contributed by atoms with van der Waals surface area (Å²) in [6.45, 7) is 15.0. The van der Waals surface area contributed by atoms with E-state index in [0.29, 0.717) is 44.3 Å². The van der Waals surface area contributed by atoms with E-state index >= 15 is 0 Å². The minimum Gasteiger partial charge on any atom is -0.465 e. The summed E-state index contributed by atoms with van der Waals surface area (Å²) in [5.41, 5.74) is 1.07. The average molecular weight is 656 g/mol. The van der Waals surface area contributed by atoms with Crippen molar-refractivity contribution in [3.63, 3.8) is 0 Å². The molecule has 12 heteroatoms. The third-order valence-corrected chi connectivity index (χ3v) is 10.1. The molecule has 250 valence electrons. The Morgan fingerprint density at radius 1 is 1.07 bits per heavy atom. The van der Waals surface area contributed by atoms with Gasteiger partial charge in [0.15, 0.2) is 0 Å². The first-order chi connectivity index (χ1) is 21.6. The van der Waals surface area contributed by atoms with E-state index in [1.54, 1.807) is 6.20 Å². The minimum absolute atomic E-state index is 0.0801. The van der Waals surface area contributed by atoms with E-state index < -0.39 is 31.9 Å². The standard InChI is InChI=1S/C34H47F2N5O4Si/c1-34(2,3)30(37-17-24-20-41(33(43)44)21-25(24)18-38-32(42)45-14-15-46(4,5)6)31-39-29(27-16-26(35)12-13-28(27)36)22-40(31)19-23-10-8-7-9-11-23/h7-13,16,22,24-25,30,37H,14-15,17-21H2,1-6H3,(H,38,42)(H,43,44)/t24?,25?,30-/m0/s1. The molecule has 1 aromatic heterocycles. The van der Waals surface area contributed by atoms with E-state index in [1.165, 1.54) is 4.90 Å². The average Bonchev–Trinajstić information content (AvgIpc) is 3.57. The van der Waals surface area contributed by atoms with E-state index in [-0.39, 0.29) is 35.4 Å². The van der Waals surface area contributed by atoms with Crippen molar-refractivity contribution in [1.82, 2.24) is 25.1 Å². The first-order valence-corrected chi connectivity index (χ1v) is 19.5. The maximum atomic E-state index is 14.9. The van der Waals surface area contributed by atoms with Gasteiger partial charge in [-0.05, 0) is 47.1 Å². The van der Waals surface area contributed by atoms with Crippen LogP contribution in [0.5, 0.6) is 0 Å². The second-order valence-electron chi connectivity index (χ2n) is 14.5. The Morgan fingerprint density at radius 3 is 2.37 bits per heavy atom. The summed E-state index contributed by atoms with van der Waals surface area (Å²) in [6.07, 6.45) is 0.257. The van der Waals surface area contributed by atoms with E-state index in [4.69, 9.17) is 9.72 Å². The number of hydrogen-bond acceptors (Lipinski definition) is 5. The number of halogens is 2. The predicted molar refractivity (Wildman–Crippen MR) is 177 cm³/mol. The number of alkyl carbamates (subject to hydrolysis) is 1. The van der Waals surface area contributed by atoms with Crippen LogP contribution in [0.2, 0.25) is 25.7 Å². The fraction of sp³-hybridized carbons (Fsp3) is 0.500. The quantitative estimate of drug-likeness (QED) is 0.184. The molecule has 3 atom stereocenters. The highest BCUT2D eigenvalue weighted by Gasteiger charge is 2.38. The van der Waals surface area contributed by atoms with Crippen LogP contribution in [0.3, 0.4) is 0 Å². The molecule has 4 rings (SSSR count). The summed E-state index contributed by atoms with van der Waals surface area (Å²) >= 11 is 0. The number of hydrogen-bond donors (Lipinski definition) is 3. The van der Waals surface area contributed by atoms with Crippen LogP contribution >= 0.6 is 0 Å². The van der Waals surface area contributed by atoms with Gasteiger partial charge in [-0.3, -0.25) is 0 Å². The molecule has 1 aliphatic heterocycles. The zero-order valence-electron chi connectivity index (χ0n) is 27.6. The lowest BCUT2D eigenvalue weighted by atomic mass is 9.85. The summed E-state index contributed by atoms with van der Waals surface area (Å²) in [4.78, 5) is 30.6. The largest absolute Gasteiger partial charge is 0.465 e. The van der Waals surface area contributed by atoms with Crippen LogP contribution in [0.1, 0.15) is 38.2 Å².